The Morgan fingerprint density at radius 1 is 0.272 bits per heavy atom. The van der Waals surface area contributed by atoms with Gasteiger partial charge >= 0.3 is 0 Å². The summed E-state index contributed by atoms with van der Waals surface area (Å²) in [5.41, 5.74) is 23.1. The Morgan fingerprint density at radius 2 is 0.551 bits per heavy atom. The molecule has 20 rings (SSSR count). The first-order valence-electron chi connectivity index (χ1n) is 48.4. The zero-order chi connectivity index (χ0) is 102. The Kier molecular flexibility index (Phi) is 37.8. The molecule has 0 aliphatic carbocycles. The average molecular weight is 2500 g/mol. The number of halogens is 2. The quantitative estimate of drug-likeness (QED) is 0.0882. The molecule has 20 aromatic rings. The monoisotopic (exact) mass is 2500 g/mol. The molecule has 0 spiro atoms. The maximum Gasteiger partial charge on any atom is 0.126 e. The van der Waals surface area contributed by atoms with Crippen LogP contribution in [0.5, 0.6) is 0 Å². The number of hydrogen-bond donors (Lipinski definition) is 0. The van der Waals surface area contributed by atoms with Gasteiger partial charge in [0.15, 0.2) is 0 Å². The van der Waals surface area contributed by atoms with E-state index in [1.165, 1.54) is 32.0 Å². The molecule has 684 valence electrons. The van der Waals surface area contributed by atoms with Gasteiger partial charge in [-0.1, -0.05) is 168 Å². The minimum absolute atomic E-state index is 0. The number of aromatic nitrogens is 8. The standard InChI is InChI=1S/C21H20N.C20H18N.C19H15FN.C18H13FN.4C11H8N.4Ir/c1-16(2)13-17-7-6-10-19(14-17)20-11-12-22-21(15-20)18-8-4-3-5-9-18;1-15(2)17-9-6-10-18(13-17)19-11-12-21-20(14-19)16-7-4-3-5-8-16;1-2-14-12-16(8-9-18(14)20)17-10-11-21-19(13-17)15-6-4-3-5-7-15;1-13-11-15(7-8-17(13)19)16-9-10-20-18(12-16)14-5-3-2-4-6-14;4*1-2-6-10(7-3-1)11-8-4-5-9-12-11;;;;/h3-8,10-12,14-16H,13H2,1-2H3;3-7,9-15H,1-2H3;3-6,8-13H,2H2,1H3;2-5,7-12H,1H3;4*1-6,8-9H;;;;/q8*-1;;;;/i1D3,13D2,16D;1D3,15D;2D2;;;;;;;;;. The zero-order valence-corrected chi connectivity index (χ0v) is 84.0. The van der Waals surface area contributed by atoms with Crippen molar-refractivity contribution in [3.05, 3.63) is 532 Å². The minimum Gasteiger partial charge on any atom is -0.305 e. The molecule has 12 aromatic carbocycles. The Balaban J connectivity index is 0.000000191. The molecule has 4 radical (unpaired) electrons. The smallest absolute Gasteiger partial charge is 0.126 e. The van der Waals surface area contributed by atoms with Gasteiger partial charge in [-0.15, -0.1) is 287 Å². The zero-order valence-electron chi connectivity index (χ0n) is 86.4. The molecule has 0 N–H and O–H groups in total. The van der Waals surface area contributed by atoms with Gasteiger partial charge in [0.1, 0.15) is 11.6 Å². The van der Waals surface area contributed by atoms with Gasteiger partial charge < -0.3 is 39.9 Å². The summed E-state index contributed by atoms with van der Waals surface area (Å²) in [7, 11) is 0. The number of hydrogen-bond acceptors (Lipinski definition) is 8. The van der Waals surface area contributed by atoms with E-state index in [4.69, 9.17) is 16.4 Å². The summed E-state index contributed by atoms with van der Waals surface area (Å²) in [6.07, 6.45) is 9.91. The van der Waals surface area contributed by atoms with Crippen LogP contribution in [0.3, 0.4) is 0 Å². The van der Waals surface area contributed by atoms with E-state index in [0.29, 0.717) is 11.1 Å². The Hall–Kier alpha value is -13.7. The van der Waals surface area contributed by atoms with Crippen molar-refractivity contribution in [2.24, 2.45) is 5.89 Å². The predicted molar refractivity (Wildman–Crippen MR) is 536 cm³/mol. The fraction of sp³-hybridized carbons (Fsp3) is 0.0820. The van der Waals surface area contributed by atoms with Gasteiger partial charge in [0.25, 0.3) is 0 Å². The van der Waals surface area contributed by atoms with Crippen molar-refractivity contribution in [1.82, 2.24) is 39.9 Å². The van der Waals surface area contributed by atoms with Crippen molar-refractivity contribution in [3.63, 3.8) is 0 Å². The summed E-state index contributed by atoms with van der Waals surface area (Å²) in [5, 5.41) is 0. The maximum atomic E-state index is 13.9. The third-order valence-corrected chi connectivity index (χ3v) is 19.8. The first-order chi connectivity index (χ1) is 69.4. The molecule has 0 bridgehead atoms. The van der Waals surface area contributed by atoms with Crippen molar-refractivity contribution in [2.45, 2.75) is 60.0 Å². The third kappa shape index (κ3) is 33.4. The van der Waals surface area contributed by atoms with Crippen LogP contribution in [0.4, 0.5) is 8.78 Å². The van der Waals surface area contributed by atoms with E-state index in [1.54, 1.807) is 105 Å². The van der Waals surface area contributed by atoms with Gasteiger partial charge in [-0.25, -0.2) is 8.78 Å². The number of aryl methyl sites for hydroxylation is 2. The Bertz CT molecular complexity index is 6930. The summed E-state index contributed by atoms with van der Waals surface area (Å²) in [6.45, 7) is 0.504. The fourth-order valence-electron chi connectivity index (χ4n) is 13.2. The Morgan fingerprint density at radius 3 is 0.838 bits per heavy atom. The van der Waals surface area contributed by atoms with Gasteiger partial charge in [-0.05, 0) is 217 Å². The van der Waals surface area contributed by atoms with Gasteiger partial charge in [-0.3, -0.25) is 0 Å². The molecular formula is C122H98F2Ir4N8-8. The molecule has 2 atom stereocenters. The van der Waals surface area contributed by atoms with Crippen LogP contribution < -0.4 is 0 Å². The number of nitrogens with zero attached hydrogens (tertiary/aromatic N) is 8. The van der Waals surface area contributed by atoms with Crippen molar-refractivity contribution < 1.29 is 106 Å². The van der Waals surface area contributed by atoms with E-state index in [9.17, 15) is 8.78 Å². The summed E-state index contributed by atoms with van der Waals surface area (Å²) in [6, 6.07) is 149. The van der Waals surface area contributed by atoms with Crippen LogP contribution in [0.15, 0.2) is 450 Å². The van der Waals surface area contributed by atoms with Crippen molar-refractivity contribution >= 4 is 0 Å². The van der Waals surface area contributed by atoms with E-state index in [-0.39, 0.29) is 97.4 Å². The van der Waals surface area contributed by atoms with Crippen LogP contribution in [-0.2, 0) is 93.2 Å². The van der Waals surface area contributed by atoms with Gasteiger partial charge in [-0.2, -0.15) is 0 Å². The van der Waals surface area contributed by atoms with Gasteiger partial charge in [0.05, 0.1) is 0 Å². The molecule has 0 fully saturated rings. The average Bonchev–Trinajstić information content (AvgIpc) is 0.749. The van der Waals surface area contributed by atoms with Crippen molar-refractivity contribution in [1.29, 1.82) is 0 Å². The maximum absolute atomic E-state index is 13.9. The van der Waals surface area contributed by atoms with E-state index in [2.05, 4.69) is 88.4 Å². The molecule has 0 saturated carbocycles. The van der Waals surface area contributed by atoms with E-state index in [1.807, 2.05) is 334 Å². The van der Waals surface area contributed by atoms with E-state index >= 15 is 0 Å². The molecule has 8 aromatic heterocycles. The minimum atomic E-state index is -2.76. The molecule has 0 aliphatic heterocycles. The van der Waals surface area contributed by atoms with Gasteiger partial charge in [0.2, 0.25) is 0 Å². The van der Waals surface area contributed by atoms with Gasteiger partial charge in [0, 0.05) is 146 Å². The SMILES string of the molecule is Cc1cc(-c2ccnc(-c3[c-]cccc3)c2)ccc1F.[2H]C([2H])(C)c1cc(-c2ccnc(-c3[c-]cccc3)c2)ccc1F.[2H]C([2H])([2H])C([2H])(C)C([2H])([2H])c1cccc(-c2ccnc(-c3[c-]cccc3)c2)c1.[2H]C([2H])([2H])C([2H])(C)c1cccc(-c2ccnc(-c3[c-]cccc3)c2)c1.[Ir].[Ir].[Ir].[Ir].[c-]1ccccc1-c1ccccn1.[c-]1ccccc1-c1ccccn1.[c-]1ccccc1-c1ccccn1.[c-]1ccccc1-c1ccccn1. The molecule has 2 unspecified atom stereocenters. The third-order valence-electron chi connectivity index (χ3n) is 19.8. The number of rotatable bonds is 16. The molecule has 14 heteroatoms. The Labute approximate surface area is 871 Å². The van der Waals surface area contributed by atoms with Crippen molar-refractivity contribution in [3.8, 4) is 135 Å². The summed E-state index contributed by atoms with van der Waals surface area (Å²) in [4.78, 5) is 34.3. The molecule has 8 heterocycles. The number of benzene rings is 12. The second-order valence-corrected chi connectivity index (χ2v) is 29.2. The molecular weight excluding hydrogens is 2380 g/mol. The summed E-state index contributed by atoms with van der Waals surface area (Å²) >= 11 is 0. The summed E-state index contributed by atoms with van der Waals surface area (Å²) in [5.74, 6) is -4.67. The van der Waals surface area contributed by atoms with Crippen LogP contribution in [0.25, 0.3) is 135 Å². The molecule has 8 nitrogen and oxygen atoms in total. The largest absolute Gasteiger partial charge is 0.305 e. The van der Waals surface area contributed by atoms with Crippen LogP contribution in [0.2, 0.25) is 0 Å². The first-order valence-corrected chi connectivity index (χ1v) is 42.4. The molecule has 0 aliphatic rings. The topological polar surface area (TPSA) is 103 Å². The molecule has 0 saturated heterocycles. The van der Waals surface area contributed by atoms with E-state index in [0.717, 1.165) is 141 Å². The number of pyridine rings is 8. The predicted octanol–water partition coefficient (Wildman–Crippen LogP) is 30.5. The second-order valence-electron chi connectivity index (χ2n) is 29.2. The molecule has 136 heavy (non-hydrogen) atoms. The summed E-state index contributed by atoms with van der Waals surface area (Å²) < 4.78 is 122. The first kappa shape index (κ1) is 88.9. The van der Waals surface area contributed by atoms with Crippen molar-refractivity contribution in [2.75, 3.05) is 0 Å². The normalized spacial score (nSPS) is 12.6. The second kappa shape index (κ2) is 57.8. The fourth-order valence-corrected chi connectivity index (χ4v) is 13.2. The van der Waals surface area contributed by atoms with Crippen LogP contribution in [0.1, 0.15) is 79.1 Å². The van der Waals surface area contributed by atoms with Crippen LogP contribution in [0, 0.1) is 73.0 Å². The molecule has 0 amide bonds. The van der Waals surface area contributed by atoms with E-state index < -0.39 is 44.1 Å². The van der Waals surface area contributed by atoms with Crippen LogP contribution >= 0.6 is 0 Å². The van der Waals surface area contributed by atoms with Crippen LogP contribution in [-0.4, -0.2) is 39.9 Å².